The number of nitrogens with one attached hydrogen (secondary N) is 1. The molecule has 0 radical (unpaired) electrons. The molecule has 3 atom stereocenters. The molecule has 26 heavy (non-hydrogen) atoms. The normalized spacial score (nSPS) is 26.5. The number of carbonyl (C=O) groups is 1. The first-order valence-electron chi connectivity index (χ1n) is 9.27. The van der Waals surface area contributed by atoms with Crippen LogP contribution >= 0.6 is 0 Å². The summed E-state index contributed by atoms with van der Waals surface area (Å²) in [6.45, 7) is 1.50. The molecule has 2 aliphatic heterocycles. The summed E-state index contributed by atoms with van der Waals surface area (Å²) in [5.41, 5.74) is 4.87. The molecule has 1 amide bonds. The zero-order valence-corrected chi connectivity index (χ0v) is 14.5. The van der Waals surface area contributed by atoms with E-state index in [2.05, 4.69) is 29.6 Å². The fraction of sp³-hybridized carbons (Fsp3) is 0.381. The maximum atomic E-state index is 12.7. The van der Waals surface area contributed by atoms with Crippen molar-refractivity contribution in [2.45, 2.75) is 30.5 Å². The molecule has 2 N–H and O–H groups in total. The van der Waals surface area contributed by atoms with E-state index in [9.17, 15) is 9.90 Å². The van der Waals surface area contributed by atoms with Gasteiger partial charge in [-0.3, -0.25) is 0 Å². The summed E-state index contributed by atoms with van der Waals surface area (Å²) >= 11 is 0. The number of benzene rings is 2. The third kappa shape index (κ3) is 2.35. The van der Waals surface area contributed by atoms with Gasteiger partial charge in [-0.05, 0) is 28.7 Å². The zero-order valence-electron chi connectivity index (χ0n) is 14.5. The number of nitrogens with zero attached hydrogens (tertiary/aromatic N) is 1. The molecule has 2 aromatic rings. The molecule has 0 bridgehead atoms. The Balaban J connectivity index is 1.35. The van der Waals surface area contributed by atoms with E-state index in [0.29, 0.717) is 19.7 Å². The van der Waals surface area contributed by atoms with Gasteiger partial charge in [0.15, 0.2) is 0 Å². The fourth-order valence-electron chi connectivity index (χ4n) is 4.80. The second kappa shape index (κ2) is 6.11. The lowest BCUT2D eigenvalue weighted by Gasteiger charge is -2.26. The van der Waals surface area contributed by atoms with Gasteiger partial charge in [0, 0.05) is 25.0 Å². The topological polar surface area (TPSA) is 61.8 Å². The van der Waals surface area contributed by atoms with Crippen LogP contribution in [0.1, 0.15) is 23.5 Å². The largest absolute Gasteiger partial charge is 0.448 e. The van der Waals surface area contributed by atoms with Gasteiger partial charge in [-0.1, -0.05) is 48.5 Å². The molecule has 2 unspecified atom stereocenters. The Morgan fingerprint density at radius 2 is 1.77 bits per heavy atom. The Labute approximate surface area is 152 Å². The zero-order chi connectivity index (χ0) is 17.7. The molecule has 0 aromatic heterocycles. The molecule has 5 rings (SSSR count). The molecule has 3 aliphatic rings. The molecule has 2 fully saturated rings. The fourth-order valence-corrected chi connectivity index (χ4v) is 4.80. The predicted octanol–water partition coefficient (Wildman–Crippen LogP) is 2.34. The van der Waals surface area contributed by atoms with Gasteiger partial charge >= 0.3 is 6.09 Å². The molecule has 134 valence electrons. The number of carbonyl (C=O) groups excluding carboxylic acids is 1. The predicted molar refractivity (Wildman–Crippen MR) is 98.0 cm³/mol. The number of fused-ring (bicyclic) bond motifs is 4. The van der Waals surface area contributed by atoms with Gasteiger partial charge in [-0.2, -0.15) is 0 Å². The van der Waals surface area contributed by atoms with Gasteiger partial charge in [0.25, 0.3) is 0 Å². The molecule has 2 heterocycles. The van der Waals surface area contributed by atoms with Crippen molar-refractivity contribution in [2.75, 3.05) is 19.7 Å². The van der Waals surface area contributed by atoms with Gasteiger partial charge in [0.05, 0.1) is 12.1 Å². The van der Waals surface area contributed by atoms with Crippen molar-refractivity contribution in [3.05, 3.63) is 59.7 Å². The Bertz CT molecular complexity index is 807. The lowest BCUT2D eigenvalue weighted by atomic mass is 9.98. The number of amides is 1. The van der Waals surface area contributed by atoms with E-state index in [1.165, 1.54) is 22.3 Å². The van der Waals surface area contributed by atoms with Gasteiger partial charge in [-0.15, -0.1) is 0 Å². The van der Waals surface area contributed by atoms with Gasteiger partial charge in [-0.25, -0.2) is 4.79 Å². The smallest absolute Gasteiger partial charge is 0.410 e. The number of rotatable bonds is 2. The summed E-state index contributed by atoms with van der Waals surface area (Å²) in [6.07, 6.45) is 0.0384. The molecule has 1 aliphatic carbocycles. The van der Waals surface area contributed by atoms with Crippen LogP contribution in [0.5, 0.6) is 0 Å². The minimum atomic E-state index is -0.511. The number of aliphatic hydroxyl groups excluding tert-OH is 1. The van der Waals surface area contributed by atoms with E-state index in [4.69, 9.17) is 4.74 Å². The van der Waals surface area contributed by atoms with Crippen molar-refractivity contribution in [3.63, 3.8) is 0 Å². The standard InChI is InChI=1S/C21H22N2O3/c24-19-11-22-18-9-10-23(20(18)19)21(25)26-12-17-15-7-3-1-5-13(15)14-6-2-4-8-16(14)17/h1-8,17-20,22,24H,9-12H2/t18?,19?,20-/m0/s1. The third-order valence-electron chi connectivity index (χ3n) is 6.01. The number of hydrogen-bond donors (Lipinski definition) is 2. The van der Waals surface area contributed by atoms with Crippen LogP contribution in [0.15, 0.2) is 48.5 Å². The van der Waals surface area contributed by atoms with Crippen molar-refractivity contribution >= 4 is 6.09 Å². The van der Waals surface area contributed by atoms with Crippen LogP contribution in [0, 0.1) is 0 Å². The lowest BCUT2D eigenvalue weighted by Crippen LogP contribution is -2.44. The average molecular weight is 350 g/mol. The number of ether oxygens (including phenoxy) is 1. The number of likely N-dealkylation sites (tertiary alicyclic amines) is 1. The van der Waals surface area contributed by atoms with E-state index in [1.807, 2.05) is 24.3 Å². The van der Waals surface area contributed by atoms with E-state index in [-0.39, 0.29) is 24.1 Å². The SMILES string of the molecule is O=C(OCC1c2ccccc2-c2ccccc21)N1CCC2NCC(O)[C@H]21. The van der Waals surface area contributed by atoms with Crippen LogP contribution in [-0.2, 0) is 4.74 Å². The first-order chi connectivity index (χ1) is 12.7. The summed E-state index contributed by atoms with van der Waals surface area (Å²) in [4.78, 5) is 14.4. The van der Waals surface area contributed by atoms with Gasteiger partial charge < -0.3 is 20.1 Å². The molecule has 2 saturated heterocycles. The Morgan fingerprint density at radius 1 is 1.12 bits per heavy atom. The minimum absolute atomic E-state index is 0.0661. The highest BCUT2D eigenvalue weighted by molar-refractivity contribution is 5.79. The average Bonchev–Trinajstić information content (AvgIpc) is 3.34. The first kappa shape index (κ1) is 15.9. The Hall–Kier alpha value is -2.37. The Morgan fingerprint density at radius 3 is 2.46 bits per heavy atom. The molecular weight excluding hydrogens is 328 g/mol. The highest BCUT2D eigenvalue weighted by Gasteiger charge is 2.46. The van der Waals surface area contributed by atoms with E-state index >= 15 is 0 Å². The summed E-state index contributed by atoms with van der Waals surface area (Å²) in [6, 6.07) is 16.7. The summed E-state index contributed by atoms with van der Waals surface area (Å²) in [7, 11) is 0. The van der Waals surface area contributed by atoms with Crippen LogP contribution in [-0.4, -0.2) is 54.0 Å². The highest BCUT2D eigenvalue weighted by atomic mass is 16.6. The van der Waals surface area contributed by atoms with Crippen LogP contribution < -0.4 is 5.32 Å². The van der Waals surface area contributed by atoms with Crippen molar-refractivity contribution in [3.8, 4) is 11.1 Å². The highest BCUT2D eigenvalue weighted by Crippen LogP contribution is 2.44. The van der Waals surface area contributed by atoms with Crippen molar-refractivity contribution in [1.82, 2.24) is 10.2 Å². The molecule has 5 heteroatoms. The maximum absolute atomic E-state index is 12.7. The molecule has 2 aromatic carbocycles. The van der Waals surface area contributed by atoms with E-state index in [0.717, 1.165) is 6.42 Å². The van der Waals surface area contributed by atoms with E-state index in [1.54, 1.807) is 4.90 Å². The van der Waals surface area contributed by atoms with Crippen LogP contribution in [0.4, 0.5) is 4.79 Å². The second-order valence-electron chi connectivity index (χ2n) is 7.36. The van der Waals surface area contributed by atoms with Crippen LogP contribution in [0.3, 0.4) is 0 Å². The van der Waals surface area contributed by atoms with E-state index < -0.39 is 6.10 Å². The quantitative estimate of drug-likeness (QED) is 0.873. The molecular formula is C21H22N2O3. The summed E-state index contributed by atoms with van der Waals surface area (Å²) in [5.74, 6) is 0.0661. The number of β-amino-alcohol motifs (C(OH)–C–C–N with tert-alkyl or cyclic N) is 1. The van der Waals surface area contributed by atoms with Crippen molar-refractivity contribution in [1.29, 1.82) is 0 Å². The third-order valence-corrected chi connectivity index (χ3v) is 6.01. The maximum Gasteiger partial charge on any atom is 0.410 e. The van der Waals surface area contributed by atoms with Crippen molar-refractivity contribution in [2.24, 2.45) is 0 Å². The second-order valence-corrected chi connectivity index (χ2v) is 7.36. The molecule has 5 nitrogen and oxygen atoms in total. The lowest BCUT2D eigenvalue weighted by molar-refractivity contribution is 0.0634. The van der Waals surface area contributed by atoms with Gasteiger partial charge in [0.1, 0.15) is 6.61 Å². The monoisotopic (exact) mass is 350 g/mol. The molecule has 0 saturated carbocycles. The number of hydrogen-bond acceptors (Lipinski definition) is 4. The Kier molecular flexibility index (Phi) is 3.72. The van der Waals surface area contributed by atoms with Crippen LogP contribution in [0.2, 0.25) is 0 Å². The first-order valence-corrected chi connectivity index (χ1v) is 9.27. The summed E-state index contributed by atoms with van der Waals surface area (Å²) in [5, 5.41) is 13.4. The molecule has 0 spiro atoms. The van der Waals surface area contributed by atoms with Crippen molar-refractivity contribution < 1.29 is 14.6 Å². The summed E-state index contributed by atoms with van der Waals surface area (Å²) < 4.78 is 5.73. The van der Waals surface area contributed by atoms with Gasteiger partial charge in [0.2, 0.25) is 0 Å². The number of aliphatic hydroxyl groups is 1. The van der Waals surface area contributed by atoms with Crippen LogP contribution in [0.25, 0.3) is 11.1 Å². The minimum Gasteiger partial charge on any atom is -0.448 e.